The van der Waals surface area contributed by atoms with Gasteiger partial charge in [0.25, 0.3) is 0 Å². The smallest absolute Gasteiger partial charge is 0.194 e. The zero-order valence-corrected chi connectivity index (χ0v) is 11.1. The lowest BCUT2D eigenvalue weighted by Gasteiger charge is -2.14. The van der Waals surface area contributed by atoms with Crippen molar-refractivity contribution in [3.8, 4) is 0 Å². The maximum atomic E-state index is 13.5. The molecule has 0 bridgehead atoms. The third-order valence-corrected chi connectivity index (χ3v) is 2.90. The minimum Gasteiger partial charge on any atom is -0.316 e. The lowest BCUT2D eigenvalue weighted by atomic mass is 9.97. The maximum Gasteiger partial charge on any atom is 0.194 e. The summed E-state index contributed by atoms with van der Waals surface area (Å²) in [5.41, 5.74) is 0.236. The van der Waals surface area contributed by atoms with Gasteiger partial charge < -0.3 is 5.32 Å². The summed E-state index contributed by atoms with van der Waals surface area (Å²) in [5.74, 6) is -3.16. The summed E-state index contributed by atoms with van der Waals surface area (Å²) < 4.78 is 39.4. The van der Waals surface area contributed by atoms with Gasteiger partial charge in [0.05, 0.1) is 0 Å². The molecule has 0 spiro atoms. The van der Waals surface area contributed by atoms with Crippen LogP contribution < -0.4 is 5.32 Å². The molecular weight excluding hydrogens is 239 g/mol. The predicted molar refractivity (Wildman–Crippen MR) is 67.1 cm³/mol. The fraction of sp³-hybridized carbons (Fsp3) is 0.571. The molecule has 1 N–H and O–H groups in total. The molecule has 4 heteroatoms. The molecule has 18 heavy (non-hydrogen) atoms. The van der Waals surface area contributed by atoms with Crippen LogP contribution in [0.25, 0.3) is 0 Å². The first kappa shape index (κ1) is 15.0. The van der Waals surface area contributed by atoms with Crippen molar-refractivity contribution in [1.82, 2.24) is 5.32 Å². The van der Waals surface area contributed by atoms with Gasteiger partial charge in [0, 0.05) is 0 Å². The van der Waals surface area contributed by atoms with Crippen molar-refractivity contribution in [2.75, 3.05) is 13.1 Å². The predicted octanol–water partition coefficient (Wildman–Crippen LogP) is 3.84. The van der Waals surface area contributed by atoms with Gasteiger partial charge in [-0.25, -0.2) is 13.2 Å². The summed E-state index contributed by atoms with van der Waals surface area (Å²) in [4.78, 5) is 0. The molecule has 0 aliphatic heterocycles. The first-order valence-corrected chi connectivity index (χ1v) is 6.27. The minimum absolute atomic E-state index is 0.139. The third kappa shape index (κ3) is 4.02. The Morgan fingerprint density at radius 1 is 1.06 bits per heavy atom. The largest absolute Gasteiger partial charge is 0.316 e. The molecule has 102 valence electrons. The van der Waals surface area contributed by atoms with Gasteiger partial charge in [-0.2, -0.15) is 0 Å². The van der Waals surface area contributed by atoms with Crippen molar-refractivity contribution in [3.63, 3.8) is 0 Å². The first-order valence-electron chi connectivity index (χ1n) is 6.27. The van der Waals surface area contributed by atoms with E-state index in [1.807, 2.05) is 6.92 Å². The second-order valence-electron chi connectivity index (χ2n) is 5.05. The number of hydrogen-bond acceptors (Lipinski definition) is 1. The van der Waals surface area contributed by atoms with E-state index in [2.05, 4.69) is 19.2 Å². The van der Waals surface area contributed by atoms with Gasteiger partial charge in [-0.3, -0.25) is 0 Å². The van der Waals surface area contributed by atoms with E-state index in [-0.39, 0.29) is 11.5 Å². The van der Waals surface area contributed by atoms with Crippen LogP contribution in [0.1, 0.15) is 38.7 Å². The van der Waals surface area contributed by atoms with Crippen molar-refractivity contribution in [3.05, 3.63) is 35.1 Å². The fourth-order valence-electron chi connectivity index (χ4n) is 1.79. The number of rotatable bonds is 6. The quantitative estimate of drug-likeness (QED) is 0.604. The van der Waals surface area contributed by atoms with E-state index in [9.17, 15) is 13.2 Å². The van der Waals surface area contributed by atoms with Crippen molar-refractivity contribution < 1.29 is 13.2 Å². The number of nitrogens with one attached hydrogen (secondary N) is 1. The normalized spacial score (nSPS) is 13.1. The number of halogens is 3. The molecular formula is C14H20F3N. The van der Waals surface area contributed by atoms with Gasteiger partial charge in [0.15, 0.2) is 17.5 Å². The van der Waals surface area contributed by atoms with Gasteiger partial charge in [0.1, 0.15) is 0 Å². The fourth-order valence-corrected chi connectivity index (χ4v) is 1.79. The molecule has 0 saturated heterocycles. The third-order valence-electron chi connectivity index (χ3n) is 2.90. The number of hydrogen-bond donors (Lipinski definition) is 1. The summed E-state index contributed by atoms with van der Waals surface area (Å²) in [6.07, 6.45) is 0.689. The minimum atomic E-state index is -1.38. The Labute approximate surface area is 106 Å². The van der Waals surface area contributed by atoms with Crippen LogP contribution in [0.4, 0.5) is 13.2 Å². The monoisotopic (exact) mass is 259 g/mol. The molecule has 0 aliphatic carbocycles. The maximum absolute atomic E-state index is 13.5. The van der Waals surface area contributed by atoms with Crippen LogP contribution in [0.3, 0.4) is 0 Å². The molecule has 0 saturated carbocycles. The second-order valence-corrected chi connectivity index (χ2v) is 5.05. The molecule has 0 aromatic heterocycles. The first-order chi connectivity index (χ1) is 8.43. The summed E-state index contributed by atoms with van der Waals surface area (Å²) in [6.45, 7) is 7.65. The van der Waals surface area contributed by atoms with E-state index in [0.717, 1.165) is 19.2 Å². The van der Waals surface area contributed by atoms with Crippen LogP contribution in [0.2, 0.25) is 0 Å². The average Bonchev–Trinajstić information content (AvgIpc) is 2.31. The topological polar surface area (TPSA) is 12.0 Å². The summed E-state index contributed by atoms with van der Waals surface area (Å²) >= 11 is 0. The molecule has 1 nitrogen and oxygen atoms in total. The summed E-state index contributed by atoms with van der Waals surface area (Å²) in [7, 11) is 0. The zero-order valence-electron chi connectivity index (χ0n) is 11.1. The SMILES string of the molecule is CC(C)CNCCC(C)c1ccc(F)c(F)c1F. The van der Waals surface area contributed by atoms with Crippen LogP contribution in [-0.4, -0.2) is 13.1 Å². The van der Waals surface area contributed by atoms with E-state index in [0.29, 0.717) is 12.3 Å². The Morgan fingerprint density at radius 3 is 2.33 bits per heavy atom. The van der Waals surface area contributed by atoms with Crippen LogP contribution in [0.15, 0.2) is 12.1 Å². The molecule has 1 aromatic carbocycles. The Balaban J connectivity index is 2.57. The standard InChI is InChI=1S/C14H20F3N/c1-9(2)8-18-7-6-10(3)11-4-5-12(15)14(17)13(11)16/h4-5,9-10,18H,6-8H2,1-3H3. The van der Waals surface area contributed by atoms with Crippen LogP contribution in [-0.2, 0) is 0 Å². The molecule has 0 radical (unpaired) electrons. The molecule has 0 heterocycles. The van der Waals surface area contributed by atoms with Crippen molar-refractivity contribution in [1.29, 1.82) is 0 Å². The van der Waals surface area contributed by atoms with Crippen LogP contribution >= 0.6 is 0 Å². The highest BCUT2D eigenvalue weighted by molar-refractivity contribution is 5.23. The van der Waals surface area contributed by atoms with Gasteiger partial charge in [-0.15, -0.1) is 0 Å². The van der Waals surface area contributed by atoms with Gasteiger partial charge >= 0.3 is 0 Å². The van der Waals surface area contributed by atoms with E-state index in [1.54, 1.807) is 0 Å². The summed E-state index contributed by atoms with van der Waals surface area (Å²) in [5, 5.41) is 3.24. The lowest BCUT2D eigenvalue weighted by Crippen LogP contribution is -2.22. The molecule has 0 aliphatic rings. The van der Waals surface area contributed by atoms with E-state index in [1.165, 1.54) is 6.07 Å². The van der Waals surface area contributed by atoms with Crippen LogP contribution in [0, 0.1) is 23.4 Å². The highest BCUT2D eigenvalue weighted by Crippen LogP contribution is 2.24. The Morgan fingerprint density at radius 2 is 1.72 bits per heavy atom. The zero-order chi connectivity index (χ0) is 13.7. The molecule has 1 atom stereocenters. The highest BCUT2D eigenvalue weighted by Gasteiger charge is 2.17. The van der Waals surface area contributed by atoms with E-state index < -0.39 is 17.5 Å². The van der Waals surface area contributed by atoms with E-state index >= 15 is 0 Å². The Bertz CT molecular complexity index is 391. The molecule has 1 rings (SSSR count). The van der Waals surface area contributed by atoms with Crippen molar-refractivity contribution in [2.45, 2.75) is 33.1 Å². The summed E-state index contributed by atoms with van der Waals surface area (Å²) in [6, 6.07) is 2.30. The van der Waals surface area contributed by atoms with Crippen molar-refractivity contribution >= 4 is 0 Å². The average molecular weight is 259 g/mol. The molecule has 0 fully saturated rings. The van der Waals surface area contributed by atoms with Gasteiger partial charge in [-0.05, 0) is 43.0 Å². The second kappa shape index (κ2) is 6.78. The Hall–Kier alpha value is -1.03. The number of benzene rings is 1. The highest BCUT2D eigenvalue weighted by atomic mass is 19.2. The van der Waals surface area contributed by atoms with Gasteiger partial charge in [0.2, 0.25) is 0 Å². The molecule has 1 unspecified atom stereocenters. The lowest BCUT2D eigenvalue weighted by molar-refractivity contribution is 0.433. The van der Waals surface area contributed by atoms with Crippen molar-refractivity contribution in [2.24, 2.45) is 5.92 Å². The molecule has 0 amide bonds. The van der Waals surface area contributed by atoms with Crippen LogP contribution in [0.5, 0.6) is 0 Å². The van der Waals surface area contributed by atoms with E-state index in [4.69, 9.17) is 0 Å². The Kier molecular flexibility index (Phi) is 5.66. The van der Waals surface area contributed by atoms with Gasteiger partial charge in [-0.1, -0.05) is 26.8 Å². The molecule has 1 aromatic rings.